The van der Waals surface area contributed by atoms with Crippen molar-refractivity contribution in [1.29, 1.82) is 0 Å². The Balaban J connectivity index is 2.65. The van der Waals surface area contributed by atoms with Crippen molar-refractivity contribution in [2.24, 2.45) is 0 Å². The number of hydrogen-bond acceptors (Lipinski definition) is 3. The highest BCUT2D eigenvalue weighted by Crippen LogP contribution is 2.54. The minimum absolute atomic E-state index is 0.704. The normalized spacial score (nSPS) is 16.6. The van der Waals surface area contributed by atoms with E-state index >= 15 is 0 Å². The first-order valence-electron chi connectivity index (χ1n) is 5.52. The van der Waals surface area contributed by atoms with E-state index in [0.29, 0.717) is 12.8 Å². The molecule has 17 heavy (non-hydrogen) atoms. The molecule has 1 aliphatic carbocycles. The molecule has 3 nitrogen and oxygen atoms in total. The highest BCUT2D eigenvalue weighted by Gasteiger charge is 2.54. The lowest BCUT2D eigenvalue weighted by atomic mass is 9.93. The van der Waals surface area contributed by atoms with Gasteiger partial charge in [0, 0.05) is 10.5 Å². The van der Waals surface area contributed by atoms with Crippen LogP contribution in [0.25, 0.3) is 0 Å². The number of ether oxygens (including phenoxy) is 1. The summed E-state index contributed by atoms with van der Waals surface area (Å²) in [7, 11) is 1.61. The minimum Gasteiger partial charge on any atom is -0.496 e. The molecule has 0 saturated heterocycles. The van der Waals surface area contributed by atoms with Crippen molar-refractivity contribution >= 4 is 17.7 Å². The molecule has 1 aromatic rings. The molecule has 0 radical (unpaired) electrons. The maximum Gasteiger partial charge on any atom is 0.314 e. The molecule has 0 spiro atoms. The molecule has 1 aromatic carbocycles. The van der Waals surface area contributed by atoms with Gasteiger partial charge < -0.3 is 9.84 Å². The van der Waals surface area contributed by atoms with Crippen molar-refractivity contribution in [1.82, 2.24) is 0 Å². The summed E-state index contributed by atoms with van der Waals surface area (Å²) in [5.74, 6) is -0.00606. The fourth-order valence-corrected chi connectivity index (χ4v) is 2.95. The molecule has 1 saturated carbocycles. The zero-order valence-electron chi connectivity index (χ0n) is 10.2. The Kier molecular flexibility index (Phi) is 3.08. The lowest BCUT2D eigenvalue weighted by Gasteiger charge is -2.20. The van der Waals surface area contributed by atoms with E-state index in [2.05, 4.69) is 0 Å². The maximum atomic E-state index is 11.5. The SMILES string of the molecule is COc1c(C)ccc(SC)c1C1(C(=O)O)CC1. The van der Waals surface area contributed by atoms with Crippen LogP contribution in [0.1, 0.15) is 24.0 Å². The standard InChI is InChI=1S/C13H16O3S/c1-8-4-5-9(17-3)10(11(8)16-2)13(6-7-13)12(14)15/h4-5H,6-7H2,1-3H3,(H,14,15). The third-order valence-corrected chi connectivity index (χ3v) is 4.16. The summed E-state index contributed by atoms with van der Waals surface area (Å²) in [5.41, 5.74) is 1.14. The molecule has 0 aliphatic heterocycles. The Morgan fingerprint density at radius 3 is 2.53 bits per heavy atom. The van der Waals surface area contributed by atoms with E-state index in [1.54, 1.807) is 18.9 Å². The Morgan fingerprint density at radius 1 is 1.47 bits per heavy atom. The quantitative estimate of drug-likeness (QED) is 0.837. The van der Waals surface area contributed by atoms with Crippen LogP contribution in [-0.4, -0.2) is 24.4 Å². The van der Waals surface area contributed by atoms with Gasteiger partial charge in [0.2, 0.25) is 0 Å². The van der Waals surface area contributed by atoms with Crippen LogP contribution in [0, 0.1) is 6.92 Å². The fourth-order valence-electron chi connectivity index (χ4n) is 2.25. The van der Waals surface area contributed by atoms with Crippen LogP contribution < -0.4 is 4.74 Å². The second-order valence-electron chi connectivity index (χ2n) is 4.38. The largest absolute Gasteiger partial charge is 0.496 e. The van der Waals surface area contributed by atoms with Gasteiger partial charge >= 0.3 is 5.97 Å². The smallest absolute Gasteiger partial charge is 0.314 e. The monoisotopic (exact) mass is 252 g/mol. The van der Waals surface area contributed by atoms with Crippen LogP contribution >= 0.6 is 11.8 Å². The maximum absolute atomic E-state index is 11.5. The van der Waals surface area contributed by atoms with E-state index in [-0.39, 0.29) is 0 Å². The third-order valence-electron chi connectivity index (χ3n) is 3.38. The first-order chi connectivity index (χ1) is 8.06. The van der Waals surface area contributed by atoms with E-state index in [1.165, 1.54) is 0 Å². The third kappa shape index (κ3) is 1.80. The first-order valence-corrected chi connectivity index (χ1v) is 6.75. The number of benzene rings is 1. The van der Waals surface area contributed by atoms with Gasteiger partial charge in [-0.25, -0.2) is 0 Å². The number of carbonyl (C=O) groups is 1. The predicted octanol–water partition coefficient (Wildman–Crippen LogP) is 2.84. The number of methoxy groups -OCH3 is 1. The van der Waals surface area contributed by atoms with Gasteiger partial charge in [-0.05, 0) is 37.7 Å². The topological polar surface area (TPSA) is 46.5 Å². The molecule has 0 heterocycles. The predicted molar refractivity (Wildman–Crippen MR) is 68.1 cm³/mol. The Hall–Kier alpha value is -1.16. The van der Waals surface area contributed by atoms with Gasteiger partial charge in [-0.15, -0.1) is 11.8 Å². The molecule has 4 heteroatoms. The van der Waals surface area contributed by atoms with Gasteiger partial charge in [-0.1, -0.05) is 6.07 Å². The van der Waals surface area contributed by atoms with Crippen LogP contribution in [0.4, 0.5) is 0 Å². The van der Waals surface area contributed by atoms with Crippen LogP contribution in [-0.2, 0) is 10.2 Å². The second kappa shape index (κ2) is 4.26. The molecular weight excluding hydrogens is 236 g/mol. The highest BCUT2D eigenvalue weighted by atomic mass is 32.2. The van der Waals surface area contributed by atoms with Crippen LogP contribution in [0.3, 0.4) is 0 Å². The van der Waals surface area contributed by atoms with Crippen molar-refractivity contribution in [2.45, 2.75) is 30.1 Å². The molecule has 1 N–H and O–H groups in total. The molecule has 2 rings (SSSR count). The lowest BCUT2D eigenvalue weighted by Crippen LogP contribution is -2.21. The number of carboxylic acids is 1. The summed E-state index contributed by atoms with van der Waals surface area (Å²) in [4.78, 5) is 12.5. The summed E-state index contributed by atoms with van der Waals surface area (Å²) in [6.45, 7) is 1.95. The minimum atomic E-state index is -0.739. The average molecular weight is 252 g/mol. The van der Waals surface area contributed by atoms with Gasteiger partial charge in [0.05, 0.1) is 12.5 Å². The van der Waals surface area contributed by atoms with Crippen molar-refractivity contribution in [2.75, 3.05) is 13.4 Å². The molecule has 92 valence electrons. The van der Waals surface area contributed by atoms with E-state index in [1.807, 2.05) is 25.3 Å². The lowest BCUT2D eigenvalue weighted by molar-refractivity contribution is -0.140. The van der Waals surface area contributed by atoms with E-state index < -0.39 is 11.4 Å². The van der Waals surface area contributed by atoms with E-state index in [9.17, 15) is 9.90 Å². The average Bonchev–Trinajstić information content (AvgIpc) is 3.09. The molecule has 1 fully saturated rings. The van der Waals surface area contributed by atoms with Gasteiger partial charge in [0.15, 0.2) is 0 Å². The van der Waals surface area contributed by atoms with Crippen LogP contribution in [0.15, 0.2) is 17.0 Å². The number of aryl methyl sites for hydroxylation is 1. The van der Waals surface area contributed by atoms with Crippen molar-refractivity contribution in [3.63, 3.8) is 0 Å². The molecule has 1 aliphatic rings. The van der Waals surface area contributed by atoms with E-state index in [4.69, 9.17) is 4.74 Å². The van der Waals surface area contributed by atoms with Gasteiger partial charge in [-0.3, -0.25) is 4.79 Å². The molecule has 0 unspecified atom stereocenters. The highest BCUT2D eigenvalue weighted by molar-refractivity contribution is 7.98. The summed E-state index contributed by atoms with van der Waals surface area (Å²) in [6, 6.07) is 3.97. The summed E-state index contributed by atoms with van der Waals surface area (Å²) in [5, 5.41) is 9.42. The number of thioether (sulfide) groups is 1. The summed E-state index contributed by atoms with van der Waals surface area (Å²) in [6.07, 6.45) is 3.37. The second-order valence-corrected chi connectivity index (χ2v) is 5.23. The van der Waals surface area contributed by atoms with Gasteiger partial charge in [0.25, 0.3) is 0 Å². The van der Waals surface area contributed by atoms with Gasteiger partial charge in [0.1, 0.15) is 5.75 Å². The zero-order chi connectivity index (χ0) is 12.6. The summed E-state index contributed by atoms with van der Waals surface area (Å²) >= 11 is 1.57. The van der Waals surface area contributed by atoms with Crippen molar-refractivity contribution < 1.29 is 14.6 Å². The number of carboxylic acid groups (broad SMARTS) is 1. The zero-order valence-corrected chi connectivity index (χ0v) is 11.1. The van der Waals surface area contributed by atoms with Crippen molar-refractivity contribution in [3.8, 4) is 5.75 Å². The number of hydrogen-bond donors (Lipinski definition) is 1. The fraction of sp³-hybridized carbons (Fsp3) is 0.462. The Labute approximate surface area is 105 Å². The number of rotatable bonds is 4. The molecule has 0 bridgehead atoms. The molecular formula is C13H16O3S. The molecule has 0 aromatic heterocycles. The van der Waals surface area contributed by atoms with Crippen molar-refractivity contribution in [3.05, 3.63) is 23.3 Å². The Morgan fingerprint density at radius 2 is 2.12 bits per heavy atom. The summed E-state index contributed by atoms with van der Waals surface area (Å²) < 4.78 is 5.42. The van der Waals surface area contributed by atoms with Crippen LogP contribution in [0.2, 0.25) is 0 Å². The van der Waals surface area contributed by atoms with Crippen LogP contribution in [0.5, 0.6) is 5.75 Å². The first kappa shape index (κ1) is 12.3. The Bertz CT molecular complexity index is 464. The number of aliphatic carboxylic acids is 1. The van der Waals surface area contributed by atoms with Gasteiger partial charge in [-0.2, -0.15) is 0 Å². The molecule has 0 amide bonds. The molecule has 0 atom stereocenters. The van der Waals surface area contributed by atoms with E-state index in [0.717, 1.165) is 21.8 Å².